The summed E-state index contributed by atoms with van der Waals surface area (Å²) in [7, 11) is 0. The fraction of sp³-hybridized carbons (Fsp3) is 0.583. The van der Waals surface area contributed by atoms with Crippen molar-refractivity contribution in [2.45, 2.75) is 25.6 Å². The molecule has 0 unspecified atom stereocenters. The van der Waals surface area contributed by atoms with E-state index in [4.69, 9.17) is 0 Å². The summed E-state index contributed by atoms with van der Waals surface area (Å²) in [6, 6.07) is 1.01. The number of hydrogen-bond donors (Lipinski definition) is 1. The van der Waals surface area contributed by atoms with Crippen molar-refractivity contribution in [3.63, 3.8) is 0 Å². The maximum Gasteiger partial charge on any atom is 0.419 e. The number of hydrogen-bond acceptors (Lipinski definition) is 3. The summed E-state index contributed by atoms with van der Waals surface area (Å²) in [6.07, 6.45) is -3.13. The van der Waals surface area contributed by atoms with Crippen LogP contribution >= 0.6 is 15.9 Å². The van der Waals surface area contributed by atoms with Crippen molar-refractivity contribution >= 4 is 21.7 Å². The lowest BCUT2D eigenvalue weighted by Crippen LogP contribution is -2.65. The second-order valence-electron chi connectivity index (χ2n) is 5.14. The zero-order chi connectivity index (χ0) is 14.4. The van der Waals surface area contributed by atoms with Crippen molar-refractivity contribution in [1.29, 1.82) is 0 Å². The summed E-state index contributed by atoms with van der Waals surface area (Å²) < 4.78 is 39.1. The monoisotopic (exact) mass is 338 g/mol. The topological polar surface area (TPSA) is 36.4 Å². The number of alkyl halides is 3. The summed E-state index contributed by atoms with van der Waals surface area (Å²) in [5.74, 6) is -0.130. The third kappa shape index (κ3) is 2.72. The van der Waals surface area contributed by atoms with Gasteiger partial charge in [0, 0.05) is 10.7 Å². The zero-order valence-electron chi connectivity index (χ0n) is 10.5. The molecule has 0 radical (unpaired) electrons. The van der Waals surface area contributed by atoms with Crippen LogP contribution in [0.5, 0.6) is 0 Å². The molecule has 1 N–H and O–H groups in total. The standard InChI is InChI=1S/C12H14BrF3N2O/c1-7(2)11(19)5-18(6-11)10-9(12(14,15)16)3-8(13)4-17-10/h3-4,7,19H,5-6H2,1-2H3. The molecule has 1 aromatic heterocycles. The second kappa shape index (κ2) is 4.63. The summed E-state index contributed by atoms with van der Waals surface area (Å²) >= 11 is 2.99. The van der Waals surface area contributed by atoms with Gasteiger partial charge in [-0.1, -0.05) is 13.8 Å². The molecule has 1 aliphatic rings. The molecule has 7 heteroatoms. The van der Waals surface area contributed by atoms with E-state index in [1.807, 2.05) is 13.8 Å². The van der Waals surface area contributed by atoms with E-state index in [0.29, 0.717) is 0 Å². The molecular weight excluding hydrogens is 325 g/mol. The Labute approximate surface area is 117 Å². The van der Waals surface area contributed by atoms with Crippen molar-refractivity contribution < 1.29 is 18.3 Å². The molecule has 1 aliphatic heterocycles. The predicted octanol–water partition coefficient (Wildman–Crippen LogP) is 3.07. The Morgan fingerprint density at radius 1 is 1.42 bits per heavy atom. The number of nitrogens with zero attached hydrogens (tertiary/aromatic N) is 2. The van der Waals surface area contributed by atoms with Crippen LogP contribution in [-0.4, -0.2) is 28.8 Å². The van der Waals surface area contributed by atoms with Gasteiger partial charge in [-0.15, -0.1) is 0 Å². The first-order valence-corrected chi connectivity index (χ1v) is 6.63. The van der Waals surface area contributed by atoms with E-state index in [9.17, 15) is 18.3 Å². The highest BCUT2D eigenvalue weighted by Crippen LogP contribution is 2.40. The maximum atomic E-state index is 13.0. The minimum atomic E-state index is -4.46. The van der Waals surface area contributed by atoms with E-state index < -0.39 is 17.3 Å². The van der Waals surface area contributed by atoms with Gasteiger partial charge in [-0.05, 0) is 27.9 Å². The van der Waals surface area contributed by atoms with Crippen LogP contribution in [0.3, 0.4) is 0 Å². The zero-order valence-corrected chi connectivity index (χ0v) is 12.1. The van der Waals surface area contributed by atoms with E-state index in [1.54, 1.807) is 0 Å². The normalized spacial score (nSPS) is 18.6. The number of halogens is 4. The molecule has 3 nitrogen and oxygen atoms in total. The van der Waals surface area contributed by atoms with Gasteiger partial charge < -0.3 is 10.0 Å². The summed E-state index contributed by atoms with van der Waals surface area (Å²) in [6.45, 7) is 4.03. The second-order valence-corrected chi connectivity index (χ2v) is 6.05. The molecule has 0 amide bonds. The van der Waals surface area contributed by atoms with Crippen LogP contribution < -0.4 is 4.90 Å². The van der Waals surface area contributed by atoms with Crippen molar-refractivity contribution in [3.05, 3.63) is 22.3 Å². The molecule has 106 valence electrons. The molecule has 19 heavy (non-hydrogen) atoms. The van der Waals surface area contributed by atoms with Crippen LogP contribution in [0.15, 0.2) is 16.7 Å². The van der Waals surface area contributed by atoms with E-state index >= 15 is 0 Å². The highest BCUT2D eigenvalue weighted by molar-refractivity contribution is 9.10. The summed E-state index contributed by atoms with van der Waals surface area (Å²) in [5, 5.41) is 10.1. The Bertz CT molecular complexity index is 484. The number of β-amino-alcohol motifs (C(OH)–C–C–N with tert-alkyl or cyclic N) is 1. The smallest absolute Gasteiger partial charge is 0.386 e. The average Bonchev–Trinajstić information content (AvgIpc) is 2.23. The molecule has 0 spiro atoms. The van der Waals surface area contributed by atoms with Gasteiger partial charge in [-0.2, -0.15) is 13.2 Å². The summed E-state index contributed by atoms with van der Waals surface area (Å²) in [5.41, 5.74) is -1.72. The van der Waals surface area contributed by atoms with Gasteiger partial charge in [0.1, 0.15) is 11.4 Å². The fourth-order valence-electron chi connectivity index (χ4n) is 2.02. The first-order valence-electron chi connectivity index (χ1n) is 5.83. The van der Waals surface area contributed by atoms with Gasteiger partial charge in [-0.3, -0.25) is 0 Å². The number of pyridine rings is 1. The molecule has 1 fully saturated rings. The molecule has 1 aromatic rings. The summed E-state index contributed by atoms with van der Waals surface area (Å²) in [4.78, 5) is 5.29. The number of aromatic nitrogens is 1. The lowest BCUT2D eigenvalue weighted by atomic mass is 9.83. The van der Waals surface area contributed by atoms with Crippen molar-refractivity contribution in [2.75, 3.05) is 18.0 Å². The van der Waals surface area contributed by atoms with Crippen molar-refractivity contribution in [1.82, 2.24) is 4.98 Å². The first kappa shape index (κ1) is 14.6. The lowest BCUT2D eigenvalue weighted by Gasteiger charge is -2.50. The van der Waals surface area contributed by atoms with Crippen LogP contribution in [-0.2, 0) is 6.18 Å². The molecular formula is C12H14BrF3N2O. The Morgan fingerprint density at radius 2 is 2.00 bits per heavy atom. The quantitative estimate of drug-likeness (QED) is 0.900. The molecule has 2 heterocycles. The molecule has 1 saturated heterocycles. The lowest BCUT2D eigenvalue weighted by molar-refractivity contribution is -0.137. The van der Waals surface area contributed by atoms with Crippen molar-refractivity contribution in [2.24, 2.45) is 5.92 Å². The number of rotatable bonds is 2. The van der Waals surface area contributed by atoms with Gasteiger partial charge in [0.2, 0.25) is 0 Å². The highest BCUT2D eigenvalue weighted by Gasteiger charge is 2.47. The number of aliphatic hydroxyl groups is 1. The van der Waals surface area contributed by atoms with Gasteiger partial charge in [0.05, 0.1) is 18.7 Å². The molecule has 0 aromatic carbocycles. The van der Waals surface area contributed by atoms with Gasteiger partial charge >= 0.3 is 6.18 Å². The average molecular weight is 339 g/mol. The number of anilines is 1. The molecule has 0 aliphatic carbocycles. The Balaban J connectivity index is 2.28. The van der Waals surface area contributed by atoms with Crippen LogP contribution in [0.1, 0.15) is 19.4 Å². The minimum absolute atomic E-state index is 0.00599. The molecule has 0 saturated carbocycles. The van der Waals surface area contributed by atoms with Crippen LogP contribution in [0.25, 0.3) is 0 Å². The van der Waals surface area contributed by atoms with Crippen LogP contribution in [0.4, 0.5) is 19.0 Å². The van der Waals surface area contributed by atoms with Gasteiger partial charge in [-0.25, -0.2) is 4.98 Å². The Kier molecular flexibility index (Phi) is 3.55. The van der Waals surface area contributed by atoms with E-state index in [2.05, 4.69) is 20.9 Å². The highest BCUT2D eigenvalue weighted by atomic mass is 79.9. The minimum Gasteiger partial charge on any atom is -0.386 e. The van der Waals surface area contributed by atoms with Crippen LogP contribution in [0, 0.1) is 5.92 Å². The third-order valence-electron chi connectivity index (χ3n) is 3.44. The first-order chi connectivity index (χ1) is 8.63. The van der Waals surface area contributed by atoms with Crippen LogP contribution in [0.2, 0.25) is 0 Å². The van der Waals surface area contributed by atoms with Gasteiger partial charge in [0.25, 0.3) is 0 Å². The maximum absolute atomic E-state index is 13.0. The SMILES string of the molecule is CC(C)C1(O)CN(c2ncc(Br)cc2C(F)(F)F)C1. The van der Waals surface area contributed by atoms with E-state index in [0.717, 1.165) is 6.07 Å². The largest absolute Gasteiger partial charge is 0.419 e. The van der Waals surface area contributed by atoms with E-state index in [1.165, 1.54) is 11.1 Å². The predicted molar refractivity (Wildman–Crippen MR) is 68.9 cm³/mol. The van der Waals surface area contributed by atoms with Crippen molar-refractivity contribution in [3.8, 4) is 0 Å². The third-order valence-corrected chi connectivity index (χ3v) is 3.88. The van der Waals surface area contributed by atoms with Gasteiger partial charge in [0.15, 0.2) is 0 Å². The Hall–Kier alpha value is -0.820. The van der Waals surface area contributed by atoms with E-state index in [-0.39, 0.29) is 29.3 Å². The molecule has 2 rings (SSSR count). The Morgan fingerprint density at radius 3 is 2.47 bits per heavy atom. The fourth-order valence-corrected chi connectivity index (χ4v) is 2.35. The molecule has 0 bridgehead atoms. The molecule has 0 atom stereocenters.